The van der Waals surface area contributed by atoms with Gasteiger partial charge < -0.3 is 0 Å². The van der Waals surface area contributed by atoms with Crippen molar-refractivity contribution in [3.8, 4) is 10.6 Å². The molecule has 0 atom stereocenters. The smallest absolute Gasteiger partial charge is 0.206 e. The molecule has 6 heteroatoms. The fourth-order valence-electron chi connectivity index (χ4n) is 0.977. The summed E-state index contributed by atoms with van der Waals surface area (Å²) < 4.78 is 14.4. The van der Waals surface area contributed by atoms with E-state index in [9.17, 15) is 4.39 Å². The fourth-order valence-corrected chi connectivity index (χ4v) is 2.17. The van der Waals surface area contributed by atoms with Crippen molar-refractivity contribution < 1.29 is 4.39 Å². The predicted molar refractivity (Wildman–Crippen MR) is 58.0 cm³/mol. The highest BCUT2D eigenvalue weighted by atomic mass is 79.9. The summed E-state index contributed by atoms with van der Waals surface area (Å²) in [6.45, 7) is 0. The van der Waals surface area contributed by atoms with E-state index in [2.05, 4.69) is 26.1 Å². The molecule has 0 bridgehead atoms. The van der Waals surface area contributed by atoms with Crippen molar-refractivity contribution in [1.82, 2.24) is 10.2 Å². The van der Waals surface area contributed by atoms with Crippen molar-refractivity contribution in [2.75, 3.05) is 0 Å². The summed E-state index contributed by atoms with van der Waals surface area (Å²) >= 11 is 9.93. The molecule has 0 spiro atoms. The molecule has 72 valence electrons. The lowest BCUT2D eigenvalue weighted by Crippen LogP contribution is -1.83. The lowest BCUT2D eigenvalue weighted by atomic mass is 10.2. The topological polar surface area (TPSA) is 25.8 Å². The molecule has 1 aromatic carbocycles. The molecule has 0 aliphatic heterocycles. The molecule has 2 nitrogen and oxygen atoms in total. The Kier molecular flexibility index (Phi) is 2.80. The minimum Gasteiger partial charge on any atom is -0.206 e. The molecule has 0 aliphatic carbocycles. The SMILES string of the molecule is Fc1cc(Br)ccc1-c1nnc(Cl)s1. The van der Waals surface area contributed by atoms with Crippen molar-refractivity contribution in [2.24, 2.45) is 0 Å². The van der Waals surface area contributed by atoms with Gasteiger partial charge in [0.1, 0.15) is 5.82 Å². The molecular formula is C8H3BrClFN2S. The minimum absolute atomic E-state index is 0.308. The second kappa shape index (κ2) is 3.92. The van der Waals surface area contributed by atoms with Gasteiger partial charge in [0.15, 0.2) is 5.01 Å². The summed E-state index contributed by atoms with van der Waals surface area (Å²) in [7, 11) is 0. The van der Waals surface area contributed by atoms with E-state index >= 15 is 0 Å². The highest BCUT2D eigenvalue weighted by Gasteiger charge is 2.10. The summed E-state index contributed by atoms with van der Waals surface area (Å²) in [4.78, 5) is 0. The van der Waals surface area contributed by atoms with Gasteiger partial charge >= 0.3 is 0 Å². The van der Waals surface area contributed by atoms with Crippen LogP contribution in [0, 0.1) is 5.82 Å². The summed E-state index contributed by atoms with van der Waals surface area (Å²) in [5, 5.41) is 7.86. The average Bonchev–Trinajstić information content (AvgIpc) is 2.51. The van der Waals surface area contributed by atoms with Gasteiger partial charge in [-0.05, 0) is 29.8 Å². The Hall–Kier alpha value is -0.520. The third-order valence-corrected chi connectivity index (χ3v) is 3.11. The Morgan fingerprint density at radius 1 is 1.36 bits per heavy atom. The first-order valence-electron chi connectivity index (χ1n) is 3.61. The first kappa shape index (κ1) is 10.0. The van der Waals surface area contributed by atoms with Gasteiger partial charge in [-0.25, -0.2) is 4.39 Å². The van der Waals surface area contributed by atoms with Gasteiger partial charge in [-0.1, -0.05) is 27.3 Å². The van der Waals surface area contributed by atoms with Crippen molar-refractivity contribution in [2.45, 2.75) is 0 Å². The lowest BCUT2D eigenvalue weighted by molar-refractivity contribution is 0.630. The molecule has 14 heavy (non-hydrogen) atoms. The summed E-state index contributed by atoms with van der Waals surface area (Å²) in [6.07, 6.45) is 0. The van der Waals surface area contributed by atoms with Crippen LogP contribution in [0.5, 0.6) is 0 Å². The maximum atomic E-state index is 13.4. The maximum absolute atomic E-state index is 13.4. The number of halogens is 3. The van der Waals surface area contributed by atoms with Crippen molar-refractivity contribution in [3.05, 3.63) is 33.0 Å². The standard InChI is InChI=1S/C8H3BrClFN2S/c9-4-1-2-5(6(11)3-4)7-12-13-8(10)14-7/h1-3H. The Morgan fingerprint density at radius 2 is 2.14 bits per heavy atom. The molecule has 2 rings (SSSR count). The van der Waals surface area contributed by atoms with Crippen LogP contribution in [0.4, 0.5) is 4.39 Å². The average molecular weight is 294 g/mol. The van der Waals surface area contributed by atoms with E-state index in [0.717, 1.165) is 11.3 Å². The fraction of sp³-hybridized carbons (Fsp3) is 0. The van der Waals surface area contributed by atoms with Crippen LogP contribution < -0.4 is 0 Å². The van der Waals surface area contributed by atoms with Gasteiger partial charge in [0.25, 0.3) is 0 Å². The summed E-state index contributed by atoms with van der Waals surface area (Å²) in [6, 6.07) is 4.76. The van der Waals surface area contributed by atoms with Crippen LogP contribution in [-0.4, -0.2) is 10.2 Å². The quantitative estimate of drug-likeness (QED) is 0.800. The molecule has 2 aromatic rings. The first-order chi connectivity index (χ1) is 6.66. The van der Waals surface area contributed by atoms with Gasteiger partial charge in [0.2, 0.25) is 4.47 Å². The van der Waals surface area contributed by atoms with Crippen LogP contribution in [0.15, 0.2) is 22.7 Å². The van der Waals surface area contributed by atoms with E-state index in [0.29, 0.717) is 19.5 Å². The molecule has 0 fully saturated rings. The van der Waals surface area contributed by atoms with Gasteiger partial charge in [-0.15, -0.1) is 10.2 Å². The first-order valence-corrected chi connectivity index (χ1v) is 5.60. The third-order valence-electron chi connectivity index (χ3n) is 1.56. The Bertz CT molecular complexity index is 474. The van der Waals surface area contributed by atoms with Gasteiger partial charge in [0.05, 0.1) is 0 Å². The third kappa shape index (κ3) is 1.94. The molecule has 0 radical (unpaired) electrons. The van der Waals surface area contributed by atoms with E-state index in [1.165, 1.54) is 6.07 Å². The molecule has 0 amide bonds. The minimum atomic E-state index is -0.341. The number of rotatable bonds is 1. The van der Waals surface area contributed by atoms with Crippen molar-refractivity contribution >= 4 is 38.9 Å². The lowest BCUT2D eigenvalue weighted by Gasteiger charge is -1.97. The largest absolute Gasteiger partial charge is 0.207 e. The van der Waals surface area contributed by atoms with Crippen LogP contribution >= 0.6 is 38.9 Å². The number of hydrogen-bond acceptors (Lipinski definition) is 3. The molecular weight excluding hydrogens is 291 g/mol. The van der Waals surface area contributed by atoms with Crippen molar-refractivity contribution in [1.29, 1.82) is 0 Å². The Morgan fingerprint density at radius 3 is 2.71 bits per heavy atom. The highest BCUT2D eigenvalue weighted by Crippen LogP contribution is 2.29. The molecule has 0 N–H and O–H groups in total. The zero-order valence-electron chi connectivity index (χ0n) is 6.67. The molecule has 0 saturated carbocycles. The maximum Gasteiger partial charge on any atom is 0.207 e. The summed E-state index contributed by atoms with van der Waals surface area (Å²) in [5.74, 6) is -0.341. The second-order valence-electron chi connectivity index (χ2n) is 2.48. The van der Waals surface area contributed by atoms with Gasteiger partial charge in [-0.2, -0.15) is 0 Å². The van der Waals surface area contributed by atoms with Crippen LogP contribution in [0.3, 0.4) is 0 Å². The Labute approximate surface area is 96.9 Å². The van der Waals surface area contributed by atoms with Crippen LogP contribution in [0.2, 0.25) is 4.47 Å². The monoisotopic (exact) mass is 292 g/mol. The molecule has 1 aromatic heterocycles. The van der Waals surface area contributed by atoms with Crippen molar-refractivity contribution in [3.63, 3.8) is 0 Å². The van der Waals surface area contributed by atoms with Gasteiger partial charge in [-0.3, -0.25) is 0 Å². The highest BCUT2D eigenvalue weighted by molar-refractivity contribution is 9.10. The van der Waals surface area contributed by atoms with Crippen LogP contribution in [0.25, 0.3) is 10.6 Å². The molecule has 0 aliphatic rings. The predicted octanol–water partition coefficient (Wildman–Crippen LogP) is 3.76. The van der Waals surface area contributed by atoms with E-state index in [1.807, 2.05) is 0 Å². The van der Waals surface area contributed by atoms with E-state index in [-0.39, 0.29) is 5.82 Å². The molecule has 0 unspecified atom stereocenters. The normalized spacial score (nSPS) is 10.5. The van der Waals surface area contributed by atoms with Gasteiger partial charge in [0, 0.05) is 10.0 Å². The van der Waals surface area contributed by atoms with Crippen LogP contribution in [0.1, 0.15) is 0 Å². The van der Waals surface area contributed by atoms with E-state index in [1.54, 1.807) is 12.1 Å². The van der Waals surface area contributed by atoms with E-state index < -0.39 is 0 Å². The molecule has 1 heterocycles. The number of aromatic nitrogens is 2. The zero-order chi connectivity index (χ0) is 10.1. The zero-order valence-corrected chi connectivity index (χ0v) is 9.83. The second-order valence-corrected chi connectivity index (χ2v) is 4.96. The van der Waals surface area contributed by atoms with Crippen LogP contribution in [-0.2, 0) is 0 Å². The van der Waals surface area contributed by atoms with E-state index in [4.69, 9.17) is 11.6 Å². The number of benzene rings is 1. The Balaban J connectivity index is 2.52. The summed E-state index contributed by atoms with van der Waals surface area (Å²) in [5.41, 5.74) is 0.414. The molecule has 0 saturated heterocycles. The number of hydrogen-bond donors (Lipinski definition) is 0. The number of nitrogens with zero attached hydrogens (tertiary/aromatic N) is 2.